The molecule has 4 N–H and O–H groups in total. The van der Waals surface area contributed by atoms with Crippen LogP contribution in [0.25, 0.3) is 11.1 Å². The Labute approximate surface area is 258 Å². The standard InChI is InChI=1S/C20H21ClN2O2.C9H14FN5O.C2H6/c1-14(2)23-18(13-24)6-4-8-22-19-10-16(9-17(21)12-19)15-5-3-7-20(25)11-15;1-11-14-9-12-6-7(10)8(13-9)15-2-4-16-5-3-15;1-2/h3-7,9-14,22,25H,8H2,1-2H3;6,11H,2-5H2,1H3,(H,12,13,14);1-2H3/b6-4-,23-18?;;. The zero-order chi connectivity index (χ0) is 31.6. The van der Waals surface area contributed by atoms with Crippen molar-refractivity contribution in [3.8, 4) is 16.9 Å². The average molecular weight is 614 g/mol. The summed E-state index contributed by atoms with van der Waals surface area (Å²) in [6.45, 7) is 10.9. The van der Waals surface area contributed by atoms with Gasteiger partial charge in [-0.15, -0.1) is 0 Å². The van der Waals surface area contributed by atoms with Crippen LogP contribution in [0.3, 0.4) is 0 Å². The SMILES string of the molecule is CC.CC(C)N=C(C=O)/C=C\CNc1cc(Cl)cc(-c2cccc(O)c2)c1.CNNc1ncc(F)c(N2CCOCC2)n1. The Morgan fingerprint density at radius 2 is 1.93 bits per heavy atom. The van der Waals surface area contributed by atoms with Crippen LogP contribution in [-0.2, 0) is 9.53 Å². The highest BCUT2D eigenvalue weighted by Crippen LogP contribution is 2.29. The third-order valence-corrected chi connectivity index (χ3v) is 5.81. The molecule has 0 bridgehead atoms. The first-order valence-electron chi connectivity index (χ1n) is 14.1. The number of aromatic hydroxyl groups is 1. The van der Waals surface area contributed by atoms with Crippen molar-refractivity contribution in [2.45, 2.75) is 33.7 Å². The number of ether oxygens (including phenoxy) is 1. The van der Waals surface area contributed by atoms with Gasteiger partial charge in [0.1, 0.15) is 5.75 Å². The normalized spacial score (nSPS) is 13.1. The summed E-state index contributed by atoms with van der Waals surface area (Å²) in [4.78, 5) is 24.9. The van der Waals surface area contributed by atoms with Crippen LogP contribution in [-0.4, -0.2) is 73.0 Å². The molecule has 4 rings (SSSR count). The molecule has 0 unspecified atom stereocenters. The van der Waals surface area contributed by atoms with Crippen molar-refractivity contribution in [3.05, 3.63) is 71.7 Å². The molecule has 0 aliphatic carbocycles. The van der Waals surface area contributed by atoms with Crippen LogP contribution in [0.4, 0.5) is 21.8 Å². The number of hydrogen-bond donors (Lipinski definition) is 4. The lowest BCUT2D eigenvalue weighted by molar-refractivity contribution is -0.102. The van der Waals surface area contributed by atoms with E-state index in [1.165, 1.54) is 0 Å². The number of aldehydes is 1. The molecule has 2 aromatic carbocycles. The smallest absolute Gasteiger partial charge is 0.239 e. The minimum atomic E-state index is -0.413. The number of nitrogens with zero attached hydrogens (tertiary/aromatic N) is 4. The fourth-order valence-corrected chi connectivity index (χ4v) is 4.07. The molecule has 3 aromatic rings. The predicted octanol–water partition coefficient (Wildman–Crippen LogP) is 5.75. The molecule has 1 aliphatic rings. The van der Waals surface area contributed by atoms with Crippen LogP contribution in [0.5, 0.6) is 5.75 Å². The van der Waals surface area contributed by atoms with Crippen LogP contribution < -0.4 is 21.1 Å². The molecule has 232 valence electrons. The van der Waals surface area contributed by atoms with Gasteiger partial charge in [-0.2, -0.15) is 4.98 Å². The van der Waals surface area contributed by atoms with E-state index in [0.29, 0.717) is 55.3 Å². The molecule has 12 heteroatoms. The summed E-state index contributed by atoms with van der Waals surface area (Å²) >= 11 is 6.20. The zero-order valence-electron chi connectivity index (χ0n) is 25.3. The quantitative estimate of drug-likeness (QED) is 0.128. The number of rotatable bonds is 10. The van der Waals surface area contributed by atoms with Gasteiger partial charge in [0.25, 0.3) is 0 Å². The topological polar surface area (TPSA) is 124 Å². The summed E-state index contributed by atoms with van der Waals surface area (Å²) in [7, 11) is 1.70. The fourth-order valence-electron chi connectivity index (χ4n) is 3.84. The second-order valence-electron chi connectivity index (χ2n) is 9.17. The number of nitrogens with one attached hydrogen (secondary N) is 3. The van der Waals surface area contributed by atoms with E-state index < -0.39 is 5.82 Å². The zero-order valence-corrected chi connectivity index (χ0v) is 26.0. The molecule has 0 spiro atoms. The first-order chi connectivity index (χ1) is 20.8. The van der Waals surface area contributed by atoms with Gasteiger partial charge in [0.05, 0.1) is 25.1 Å². The molecule has 2 heterocycles. The van der Waals surface area contributed by atoms with Gasteiger partial charge in [-0.25, -0.2) is 14.8 Å². The van der Waals surface area contributed by atoms with E-state index in [4.69, 9.17) is 16.3 Å². The Morgan fingerprint density at radius 1 is 1.19 bits per heavy atom. The van der Waals surface area contributed by atoms with Gasteiger partial charge in [-0.1, -0.05) is 43.7 Å². The van der Waals surface area contributed by atoms with Crippen LogP contribution in [0.2, 0.25) is 5.02 Å². The molecule has 0 saturated carbocycles. The lowest BCUT2D eigenvalue weighted by atomic mass is 10.0. The van der Waals surface area contributed by atoms with Crippen molar-refractivity contribution in [2.24, 2.45) is 4.99 Å². The third-order valence-electron chi connectivity index (χ3n) is 5.59. The maximum absolute atomic E-state index is 13.5. The average Bonchev–Trinajstić information content (AvgIpc) is 3.01. The Morgan fingerprint density at radius 3 is 2.58 bits per heavy atom. The minimum Gasteiger partial charge on any atom is -0.508 e. The number of carbonyl (C=O) groups is 1. The summed E-state index contributed by atoms with van der Waals surface area (Å²) in [6, 6.07) is 12.7. The molecule has 1 aromatic heterocycles. The van der Waals surface area contributed by atoms with Gasteiger partial charge >= 0.3 is 0 Å². The highest BCUT2D eigenvalue weighted by molar-refractivity contribution is 6.33. The van der Waals surface area contributed by atoms with Gasteiger partial charge in [0, 0.05) is 43.4 Å². The number of benzene rings is 2. The molecule has 43 heavy (non-hydrogen) atoms. The first-order valence-corrected chi connectivity index (χ1v) is 14.5. The number of hydrazine groups is 1. The van der Waals surface area contributed by atoms with Crippen molar-refractivity contribution in [1.82, 2.24) is 15.4 Å². The number of phenolic OH excluding ortho intramolecular Hbond substituents is 1. The number of aromatic nitrogens is 2. The Balaban J connectivity index is 0.000000308. The number of phenols is 1. The number of hydrogen-bond acceptors (Lipinski definition) is 10. The number of carbonyl (C=O) groups excluding carboxylic acids is 1. The Bertz CT molecular complexity index is 1350. The molecular weight excluding hydrogens is 573 g/mol. The van der Waals surface area contributed by atoms with Crippen molar-refractivity contribution in [1.29, 1.82) is 0 Å². The molecule has 1 fully saturated rings. The van der Waals surface area contributed by atoms with Crippen molar-refractivity contribution in [3.63, 3.8) is 0 Å². The predicted molar refractivity (Wildman–Crippen MR) is 174 cm³/mol. The van der Waals surface area contributed by atoms with Crippen LogP contribution >= 0.6 is 11.6 Å². The monoisotopic (exact) mass is 613 g/mol. The number of aliphatic imine (C=N–C) groups is 1. The third kappa shape index (κ3) is 12.4. The van der Waals surface area contributed by atoms with E-state index in [1.807, 2.05) is 62.9 Å². The second-order valence-corrected chi connectivity index (χ2v) is 9.60. The van der Waals surface area contributed by atoms with Crippen molar-refractivity contribution >= 4 is 41.1 Å². The lowest BCUT2D eigenvalue weighted by Gasteiger charge is -2.28. The van der Waals surface area contributed by atoms with Gasteiger partial charge in [0.2, 0.25) is 5.95 Å². The summed E-state index contributed by atoms with van der Waals surface area (Å²) in [5.74, 6) is 0.464. The number of allylic oxidation sites excluding steroid dienone is 1. The number of morpholine rings is 1. The molecular formula is C31H41ClFN7O3. The van der Waals surface area contributed by atoms with E-state index in [2.05, 4.69) is 31.1 Å². The van der Waals surface area contributed by atoms with Crippen LogP contribution in [0, 0.1) is 5.82 Å². The largest absolute Gasteiger partial charge is 0.508 e. The molecule has 1 aliphatic heterocycles. The van der Waals surface area contributed by atoms with Gasteiger partial charge in [-0.05, 0) is 61.4 Å². The van der Waals surface area contributed by atoms with Gasteiger partial charge in [-0.3, -0.25) is 15.2 Å². The fraction of sp³-hybridized carbons (Fsp3) is 0.355. The number of anilines is 3. The van der Waals surface area contributed by atoms with E-state index in [-0.39, 0.29) is 11.8 Å². The highest BCUT2D eigenvalue weighted by Gasteiger charge is 2.17. The van der Waals surface area contributed by atoms with E-state index >= 15 is 0 Å². The molecule has 0 amide bonds. The van der Waals surface area contributed by atoms with E-state index in [1.54, 1.807) is 31.3 Å². The molecule has 1 saturated heterocycles. The van der Waals surface area contributed by atoms with Crippen molar-refractivity contribution in [2.75, 3.05) is 55.5 Å². The Hall–Kier alpha value is -4.06. The van der Waals surface area contributed by atoms with E-state index in [0.717, 1.165) is 29.3 Å². The molecule has 10 nitrogen and oxygen atoms in total. The maximum Gasteiger partial charge on any atom is 0.239 e. The summed E-state index contributed by atoms with van der Waals surface area (Å²) in [6.07, 6.45) is 5.44. The summed E-state index contributed by atoms with van der Waals surface area (Å²) in [5, 5.41) is 13.5. The molecule has 0 radical (unpaired) electrons. The summed E-state index contributed by atoms with van der Waals surface area (Å²) in [5.41, 5.74) is 8.47. The lowest BCUT2D eigenvalue weighted by Crippen LogP contribution is -2.37. The van der Waals surface area contributed by atoms with Crippen molar-refractivity contribution < 1.29 is 19.0 Å². The second kappa shape index (κ2) is 19.2. The minimum absolute atomic E-state index is 0.0792. The maximum atomic E-state index is 13.5. The van der Waals surface area contributed by atoms with E-state index in [9.17, 15) is 14.3 Å². The summed E-state index contributed by atoms with van der Waals surface area (Å²) < 4.78 is 18.7. The first kappa shape index (κ1) is 35.1. The number of halogens is 2. The van der Waals surface area contributed by atoms with Gasteiger partial charge < -0.3 is 20.1 Å². The van der Waals surface area contributed by atoms with Gasteiger partial charge in [0.15, 0.2) is 17.9 Å². The van der Waals surface area contributed by atoms with Crippen LogP contribution in [0.1, 0.15) is 27.7 Å². The molecule has 0 atom stereocenters. The highest BCUT2D eigenvalue weighted by atomic mass is 35.5. The van der Waals surface area contributed by atoms with Crippen LogP contribution in [0.15, 0.2) is 65.8 Å². The Kier molecular flexibility index (Phi) is 15.7.